The number of carbonyl (C=O) groups is 4. The normalized spacial score (nSPS) is 10.8. The van der Waals surface area contributed by atoms with Gasteiger partial charge in [-0.2, -0.15) is 0 Å². The molecule has 0 bridgehead atoms. The van der Waals surface area contributed by atoms with Crippen molar-refractivity contribution in [3.63, 3.8) is 0 Å². The average molecular weight is 723 g/mol. The van der Waals surface area contributed by atoms with Gasteiger partial charge in [0.15, 0.2) is 0 Å². The first-order valence-electron chi connectivity index (χ1n) is 17.0. The molecule has 0 aliphatic rings. The summed E-state index contributed by atoms with van der Waals surface area (Å²) >= 11 is 0. The van der Waals surface area contributed by atoms with Crippen molar-refractivity contribution in [3.05, 3.63) is 144 Å². The van der Waals surface area contributed by atoms with Gasteiger partial charge in [-0.25, -0.2) is 19.2 Å². The number of aromatic carboxylic acids is 4. The number of hydrogen-bond donors (Lipinski definition) is 4. The van der Waals surface area contributed by atoms with Gasteiger partial charge in [0.2, 0.25) is 0 Å². The lowest BCUT2D eigenvalue weighted by atomic mass is 9.87. The van der Waals surface area contributed by atoms with E-state index in [0.29, 0.717) is 67.1 Å². The van der Waals surface area contributed by atoms with E-state index in [1.165, 1.54) is 48.5 Å². The minimum absolute atomic E-state index is 0.108. The summed E-state index contributed by atoms with van der Waals surface area (Å²) in [5.74, 6) is -3.33. The molecule has 0 aliphatic heterocycles. The summed E-state index contributed by atoms with van der Waals surface area (Å²) < 4.78 is 12.8. The molecule has 270 valence electrons. The Labute approximate surface area is 310 Å². The second-order valence-electron chi connectivity index (χ2n) is 12.2. The molecule has 54 heavy (non-hydrogen) atoms. The quantitative estimate of drug-likeness (QED) is 0.0901. The Balaban J connectivity index is 1.71. The van der Waals surface area contributed by atoms with E-state index in [2.05, 4.69) is 0 Å². The van der Waals surface area contributed by atoms with Gasteiger partial charge in [-0.15, -0.1) is 0 Å². The van der Waals surface area contributed by atoms with Crippen LogP contribution in [-0.4, -0.2) is 57.5 Å². The Bertz CT molecular complexity index is 2210. The highest BCUT2D eigenvalue weighted by molar-refractivity contribution is 5.97. The minimum atomic E-state index is -1.07. The van der Waals surface area contributed by atoms with Crippen molar-refractivity contribution in [1.29, 1.82) is 0 Å². The van der Waals surface area contributed by atoms with Crippen molar-refractivity contribution >= 4 is 23.9 Å². The third-order valence-corrected chi connectivity index (χ3v) is 8.86. The zero-order chi connectivity index (χ0) is 38.5. The SMILES string of the molecule is CCOc1c(-c2ccc(C(=O)O)cc2)cc(-c2ccc(C(=O)O)cc2)cc1-c1cc(-c2ccc(C(=O)O)cc2)cc(-c2ccc(C(=O)O)cc2)c1OCC. The Morgan fingerprint density at radius 3 is 0.852 bits per heavy atom. The maximum absolute atomic E-state index is 11.7. The van der Waals surface area contributed by atoms with Gasteiger partial charge in [0.1, 0.15) is 11.5 Å². The maximum atomic E-state index is 11.7. The molecule has 0 radical (unpaired) electrons. The molecule has 6 aromatic carbocycles. The fourth-order valence-corrected chi connectivity index (χ4v) is 6.21. The van der Waals surface area contributed by atoms with Crippen LogP contribution in [0.15, 0.2) is 121 Å². The number of carboxylic acids is 4. The van der Waals surface area contributed by atoms with Crippen LogP contribution < -0.4 is 9.47 Å². The van der Waals surface area contributed by atoms with Crippen molar-refractivity contribution in [2.75, 3.05) is 13.2 Å². The van der Waals surface area contributed by atoms with Crippen molar-refractivity contribution in [3.8, 4) is 67.1 Å². The number of ether oxygens (including phenoxy) is 2. The molecule has 0 unspecified atom stereocenters. The summed E-state index contributed by atoms with van der Waals surface area (Å²) in [7, 11) is 0. The minimum Gasteiger partial charge on any atom is -0.493 e. The zero-order valence-corrected chi connectivity index (χ0v) is 29.2. The van der Waals surface area contributed by atoms with E-state index < -0.39 is 23.9 Å². The Morgan fingerprint density at radius 1 is 0.370 bits per heavy atom. The predicted molar refractivity (Wildman–Crippen MR) is 204 cm³/mol. The Hall–Kier alpha value is -7.20. The smallest absolute Gasteiger partial charge is 0.335 e. The van der Waals surface area contributed by atoms with Gasteiger partial charge >= 0.3 is 23.9 Å². The van der Waals surface area contributed by atoms with E-state index >= 15 is 0 Å². The fourth-order valence-electron chi connectivity index (χ4n) is 6.21. The van der Waals surface area contributed by atoms with E-state index in [-0.39, 0.29) is 35.5 Å². The lowest BCUT2D eigenvalue weighted by Crippen LogP contribution is -2.03. The van der Waals surface area contributed by atoms with E-state index in [4.69, 9.17) is 9.47 Å². The second kappa shape index (κ2) is 15.6. The molecule has 6 aromatic rings. The summed E-state index contributed by atoms with van der Waals surface area (Å²) in [5, 5.41) is 38.3. The van der Waals surface area contributed by atoms with E-state index in [0.717, 1.165) is 0 Å². The molecule has 0 fully saturated rings. The highest BCUT2D eigenvalue weighted by Crippen LogP contribution is 2.49. The van der Waals surface area contributed by atoms with Gasteiger partial charge in [0.05, 0.1) is 35.5 Å². The van der Waals surface area contributed by atoms with Crippen LogP contribution in [-0.2, 0) is 0 Å². The molecule has 4 N–H and O–H groups in total. The molecule has 6 rings (SSSR count). The number of hydrogen-bond acceptors (Lipinski definition) is 6. The zero-order valence-electron chi connectivity index (χ0n) is 29.2. The lowest BCUT2D eigenvalue weighted by Gasteiger charge is -2.23. The van der Waals surface area contributed by atoms with Crippen molar-refractivity contribution in [1.82, 2.24) is 0 Å². The third kappa shape index (κ3) is 7.54. The molecule has 0 heterocycles. The number of carboxylic acid groups (broad SMARTS) is 4. The first-order valence-corrected chi connectivity index (χ1v) is 17.0. The Morgan fingerprint density at radius 2 is 0.611 bits per heavy atom. The van der Waals surface area contributed by atoms with Crippen molar-refractivity contribution < 1.29 is 49.1 Å². The van der Waals surface area contributed by atoms with Gasteiger partial charge in [-0.1, -0.05) is 48.5 Å². The van der Waals surface area contributed by atoms with Crippen molar-refractivity contribution in [2.24, 2.45) is 0 Å². The molecule has 0 amide bonds. The van der Waals surface area contributed by atoms with Crippen LogP contribution in [0.2, 0.25) is 0 Å². The summed E-state index contributed by atoms with van der Waals surface area (Å²) in [6, 6.07) is 33.3. The first-order chi connectivity index (χ1) is 26.0. The summed E-state index contributed by atoms with van der Waals surface area (Å²) in [6.07, 6.45) is 0. The number of benzene rings is 6. The average Bonchev–Trinajstić information content (AvgIpc) is 3.18. The van der Waals surface area contributed by atoms with Crippen LogP contribution in [0, 0.1) is 0 Å². The van der Waals surface area contributed by atoms with Crippen LogP contribution >= 0.6 is 0 Å². The second-order valence-corrected chi connectivity index (χ2v) is 12.2. The molecule has 0 aromatic heterocycles. The van der Waals surface area contributed by atoms with Gasteiger partial charge in [-0.05, 0) is 120 Å². The highest BCUT2D eigenvalue weighted by atomic mass is 16.5. The van der Waals surface area contributed by atoms with Gasteiger partial charge < -0.3 is 29.9 Å². The lowest BCUT2D eigenvalue weighted by molar-refractivity contribution is 0.0686. The van der Waals surface area contributed by atoms with Gasteiger partial charge in [-0.3, -0.25) is 0 Å². The predicted octanol–water partition coefficient (Wildman–Crippen LogP) is 9.61. The molecular formula is C44H34O10. The maximum Gasteiger partial charge on any atom is 0.335 e. The number of rotatable bonds is 13. The molecule has 0 saturated carbocycles. The van der Waals surface area contributed by atoms with Crippen LogP contribution in [0.3, 0.4) is 0 Å². The topological polar surface area (TPSA) is 168 Å². The van der Waals surface area contributed by atoms with Gasteiger partial charge in [0, 0.05) is 22.3 Å². The van der Waals surface area contributed by atoms with E-state index in [9.17, 15) is 39.6 Å². The molecule has 0 saturated heterocycles. The van der Waals surface area contributed by atoms with Crippen LogP contribution in [0.1, 0.15) is 55.3 Å². The third-order valence-electron chi connectivity index (χ3n) is 8.86. The Kier molecular flexibility index (Phi) is 10.6. The first kappa shape index (κ1) is 36.6. The molecule has 0 aliphatic carbocycles. The van der Waals surface area contributed by atoms with Gasteiger partial charge in [0.25, 0.3) is 0 Å². The molecule has 10 nitrogen and oxygen atoms in total. The van der Waals surface area contributed by atoms with Crippen LogP contribution in [0.25, 0.3) is 55.6 Å². The van der Waals surface area contributed by atoms with Crippen molar-refractivity contribution in [2.45, 2.75) is 13.8 Å². The highest BCUT2D eigenvalue weighted by Gasteiger charge is 2.24. The summed E-state index contributed by atoms with van der Waals surface area (Å²) in [5.41, 5.74) is 7.06. The molecule has 0 atom stereocenters. The molecule has 0 spiro atoms. The largest absolute Gasteiger partial charge is 0.493 e. The summed E-state index contributed by atoms with van der Waals surface area (Å²) in [6.45, 7) is 4.23. The van der Waals surface area contributed by atoms with E-state index in [1.807, 2.05) is 38.1 Å². The van der Waals surface area contributed by atoms with E-state index in [1.54, 1.807) is 48.5 Å². The summed E-state index contributed by atoms with van der Waals surface area (Å²) in [4.78, 5) is 46.8. The molecule has 10 heteroatoms. The fraction of sp³-hybridized carbons (Fsp3) is 0.0909. The monoisotopic (exact) mass is 722 g/mol. The molecular weight excluding hydrogens is 688 g/mol. The van der Waals surface area contributed by atoms with Crippen LogP contribution in [0.4, 0.5) is 0 Å². The van der Waals surface area contributed by atoms with Crippen LogP contribution in [0.5, 0.6) is 11.5 Å². The standard InChI is InChI=1S/C44H34O10/c1-3-53-39-35(27-9-17-31(18-10-27)43(49)50)21-33(25-5-13-29(14-6-25)41(45)46)23-37(39)38-24-34(26-7-15-30(16-8-26)42(47)48)22-36(40(38)54-4-2)28-11-19-32(20-12-28)44(51)52/h5-24H,3-4H2,1-2H3,(H,45,46)(H,47,48)(H,49,50)(H,51,52).